The molecule has 1 saturated carbocycles. The molecule has 0 aromatic heterocycles. The zero-order chi connectivity index (χ0) is 13.3. The molecule has 0 bridgehead atoms. The number of hydrogen-bond donors (Lipinski definition) is 2. The Labute approximate surface area is 114 Å². The van der Waals surface area contributed by atoms with Crippen LogP contribution in [0.2, 0.25) is 0 Å². The Balaban J connectivity index is 1.58. The van der Waals surface area contributed by atoms with Crippen molar-refractivity contribution in [3.05, 3.63) is 0 Å². The fraction of sp³-hybridized carbons (Fsp3) is 0.857. The summed E-state index contributed by atoms with van der Waals surface area (Å²) < 4.78 is 0. The third-order valence-corrected chi connectivity index (χ3v) is 4.92. The van der Waals surface area contributed by atoms with Crippen LogP contribution in [0.25, 0.3) is 0 Å². The van der Waals surface area contributed by atoms with Crippen molar-refractivity contribution < 1.29 is 9.59 Å². The van der Waals surface area contributed by atoms with E-state index in [0.717, 1.165) is 58.0 Å². The summed E-state index contributed by atoms with van der Waals surface area (Å²) >= 11 is 0. The number of carbonyl (C=O) groups is 2. The van der Waals surface area contributed by atoms with E-state index >= 15 is 0 Å². The van der Waals surface area contributed by atoms with Gasteiger partial charge in [0, 0.05) is 6.54 Å². The van der Waals surface area contributed by atoms with E-state index in [2.05, 4.69) is 10.6 Å². The Kier molecular flexibility index (Phi) is 3.48. The Bertz CT molecular complexity index is 371. The molecule has 5 nitrogen and oxygen atoms in total. The highest BCUT2D eigenvalue weighted by Gasteiger charge is 2.52. The molecule has 2 N–H and O–H groups in total. The van der Waals surface area contributed by atoms with Crippen LogP contribution in [0.15, 0.2) is 0 Å². The van der Waals surface area contributed by atoms with Crippen LogP contribution in [0.4, 0.5) is 4.79 Å². The van der Waals surface area contributed by atoms with Crippen molar-refractivity contribution in [3.63, 3.8) is 0 Å². The number of hydrogen-bond acceptors (Lipinski definition) is 3. The van der Waals surface area contributed by atoms with Gasteiger partial charge in [-0.25, -0.2) is 4.79 Å². The topological polar surface area (TPSA) is 61.4 Å². The van der Waals surface area contributed by atoms with Crippen molar-refractivity contribution in [2.24, 2.45) is 5.92 Å². The molecule has 1 aliphatic carbocycles. The molecular weight excluding hydrogens is 242 g/mol. The van der Waals surface area contributed by atoms with Crippen LogP contribution < -0.4 is 10.6 Å². The fourth-order valence-electron chi connectivity index (χ4n) is 3.68. The van der Waals surface area contributed by atoms with E-state index < -0.39 is 5.54 Å². The minimum absolute atomic E-state index is 0.0314. The van der Waals surface area contributed by atoms with E-state index in [1.807, 2.05) is 0 Å². The smallest absolute Gasteiger partial charge is 0.323 e. The van der Waals surface area contributed by atoms with Crippen LogP contribution in [0.5, 0.6) is 0 Å². The van der Waals surface area contributed by atoms with Gasteiger partial charge < -0.3 is 10.6 Å². The second-order valence-corrected chi connectivity index (χ2v) is 6.16. The lowest BCUT2D eigenvalue weighted by Gasteiger charge is -2.24. The average molecular weight is 265 g/mol. The van der Waals surface area contributed by atoms with Gasteiger partial charge in [0.25, 0.3) is 5.91 Å². The average Bonchev–Trinajstić information content (AvgIpc) is 2.97. The molecule has 2 heterocycles. The molecular formula is C14H23N3O2. The first-order chi connectivity index (χ1) is 9.21. The maximum atomic E-state index is 12.4. The molecule has 0 radical (unpaired) electrons. The molecule has 3 amide bonds. The molecule has 0 unspecified atom stereocenters. The van der Waals surface area contributed by atoms with Crippen LogP contribution in [0.3, 0.4) is 0 Å². The van der Waals surface area contributed by atoms with E-state index in [4.69, 9.17) is 0 Å². The first-order valence-electron chi connectivity index (χ1n) is 7.56. The van der Waals surface area contributed by atoms with Crippen LogP contribution in [-0.4, -0.2) is 42.0 Å². The van der Waals surface area contributed by atoms with Crippen molar-refractivity contribution >= 4 is 11.9 Å². The van der Waals surface area contributed by atoms with Crippen molar-refractivity contribution in [1.29, 1.82) is 0 Å². The van der Waals surface area contributed by atoms with Gasteiger partial charge in [-0.3, -0.25) is 9.69 Å². The lowest BCUT2D eigenvalue weighted by molar-refractivity contribution is -0.131. The maximum Gasteiger partial charge on any atom is 0.325 e. The van der Waals surface area contributed by atoms with E-state index in [1.165, 1.54) is 4.90 Å². The molecule has 5 heteroatoms. The minimum atomic E-state index is -0.537. The molecule has 3 fully saturated rings. The number of imide groups is 1. The minimum Gasteiger partial charge on any atom is -0.323 e. The van der Waals surface area contributed by atoms with Crippen LogP contribution in [-0.2, 0) is 4.79 Å². The van der Waals surface area contributed by atoms with Gasteiger partial charge in [-0.2, -0.15) is 0 Å². The molecule has 3 aliphatic rings. The standard InChI is InChI=1S/C14H23N3O2/c18-12-14(6-1-2-7-14)16-13(19)17(12)10-5-11-3-8-15-9-4-11/h11,15H,1-10H2,(H,16,19). The molecule has 3 rings (SSSR count). The lowest BCUT2D eigenvalue weighted by Crippen LogP contribution is -2.44. The zero-order valence-corrected chi connectivity index (χ0v) is 11.4. The van der Waals surface area contributed by atoms with Crippen molar-refractivity contribution in [1.82, 2.24) is 15.5 Å². The molecule has 0 atom stereocenters. The van der Waals surface area contributed by atoms with E-state index in [0.29, 0.717) is 12.5 Å². The molecule has 1 spiro atoms. The number of urea groups is 1. The lowest BCUT2D eigenvalue weighted by atomic mass is 9.94. The van der Waals surface area contributed by atoms with Crippen LogP contribution >= 0.6 is 0 Å². The summed E-state index contributed by atoms with van der Waals surface area (Å²) in [7, 11) is 0. The SMILES string of the molecule is O=C1NC2(CCCC2)C(=O)N1CCC1CCNCC1. The molecule has 19 heavy (non-hydrogen) atoms. The monoisotopic (exact) mass is 265 g/mol. The number of nitrogens with zero attached hydrogens (tertiary/aromatic N) is 1. The quantitative estimate of drug-likeness (QED) is 0.755. The Hall–Kier alpha value is -1.10. The summed E-state index contributed by atoms with van der Waals surface area (Å²) in [5.74, 6) is 0.686. The molecule has 2 saturated heterocycles. The molecule has 2 aliphatic heterocycles. The molecule has 106 valence electrons. The number of piperidine rings is 1. The summed E-state index contributed by atoms with van der Waals surface area (Å²) in [5, 5.41) is 6.28. The predicted molar refractivity (Wildman–Crippen MR) is 71.7 cm³/mol. The summed E-state index contributed by atoms with van der Waals surface area (Å²) in [5.41, 5.74) is -0.537. The first-order valence-corrected chi connectivity index (χ1v) is 7.56. The zero-order valence-electron chi connectivity index (χ0n) is 11.4. The highest BCUT2D eigenvalue weighted by atomic mass is 16.2. The van der Waals surface area contributed by atoms with Gasteiger partial charge in [0.05, 0.1) is 0 Å². The second kappa shape index (κ2) is 5.12. The largest absolute Gasteiger partial charge is 0.325 e. The van der Waals surface area contributed by atoms with E-state index in [-0.39, 0.29) is 11.9 Å². The van der Waals surface area contributed by atoms with Gasteiger partial charge in [0.2, 0.25) is 0 Å². The predicted octanol–water partition coefficient (Wildman–Crippen LogP) is 1.24. The molecule has 0 aromatic carbocycles. The number of carbonyl (C=O) groups excluding carboxylic acids is 2. The van der Waals surface area contributed by atoms with Crippen molar-refractivity contribution in [3.8, 4) is 0 Å². The maximum absolute atomic E-state index is 12.4. The summed E-state index contributed by atoms with van der Waals surface area (Å²) in [6.07, 6.45) is 7.02. The van der Waals surface area contributed by atoms with Crippen molar-refractivity contribution in [2.75, 3.05) is 19.6 Å². The van der Waals surface area contributed by atoms with Crippen LogP contribution in [0, 0.1) is 5.92 Å². The van der Waals surface area contributed by atoms with Gasteiger partial charge in [-0.1, -0.05) is 12.8 Å². The highest BCUT2D eigenvalue weighted by Crippen LogP contribution is 2.35. The first kappa shape index (κ1) is 12.9. The van der Waals surface area contributed by atoms with Gasteiger partial charge in [-0.15, -0.1) is 0 Å². The normalized spacial score (nSPS) is 27.3. The van der Waals surface area contributed by atoms with E-state index in [9.17, 15) is 9.59 Å². The van der Waals surface area contributed by atoms with Gasteiger partial charge in [0.15, 0.2) is 0 Å². The van der Waals surface area contributed by atoms with Gasteiger partial charge in [-0.05, 0) is 51.1 Å². The summed E-state index contributed by atoms with van der Waals surface area (Å²) in [6, 6.07) is -0.166. The van der Waals surface area contributed by atoms with E-state index in [1.54, 1.807) is 0 Å². The third kappa shape index (κ3) is 2.36. The number of amides is 3. The summed E-state index contributed by atoms with van der Waals surface area (Å²) in [6.45, 7) is 2.72. The Morgan fingerprint density at radius 3 is 2.53 bits per heavy atom. The summed E-state index contributed by atoms with van der Waals surface area (Å²) in [4.78, 5) is 25.9. The number of nitrogens with one attached hydrogen (secondary N) is 2. The number of rotatable bonds is 3. The molecule has 0 aromatic rings. The third-order valence-electron chi connectivity index (χ3n) is 4.92. The second-order valence-electron chi connectivity index (χ2n) is 6.16. The highest BCUT2D eigenvalue weighted by molar-refractivity contribution is 6.07. The van der Waals surface area contributed by atoms with Crippen LogP contribution in [0.1, 0.15) is 44.9 Å². The van der Waals surface area contributed by atoms with Gasteiger partial charge >= 0.3 is 6.03 Å². The van der Waals surface area contributed by atoms with Crippen molar-refractivity contribution in [2.45, 2.75) is 50.5 Å². The van der Waals surface area contributed by atoms with Gasteiger partial charge in [0.1, 0.15) is 5.54 Å². The Morgan fingerprint density at radius 2 is 1.84 bits per heavy atom. The Morgan fingerprint density at radius 1 is 1.16 bits per heavy atom. The fourth-order valence-corrected chi connectivity index (χ4v) is 3.68.